The minimum atomic E-state index is -1.10. The molecule has 0 unspecified atom stereocenters. The van der Waals surface area contributed by atoms with E-state index in [2.05, 4.69) is 5.32 Å². The zero-order valence-electron chi connectivity index (χ0n) is 18.5. The molecule has 0 aliphatic carbocycles. The number of piperidine rings is 1. The molecule has 3 aromatic carbocycles. The number of halogens is 1. The number of fused-ring (bicyclic) bond motifs is 1. The van der Waals surface area contributed by atoms with Gasteiger partial charge < -0.3 is 15.0 Å². The fourth-order valence-electron chi connectivity index (χ4n) is 4.43. The molecule has 1 saturated heterocycles. The van der Waals surface area contributed by atoms with Gasteiger partial charge in [-0.2, -0.15) is 0 Å². The van der Waals surface area contributed by atoms with Crippen LogP contribution in [0.2, 0.25) is 0 Å². The summed E-state index contributed by atoms with van der Waals surface area (Å²) < 4.78 is 20.2. The van der Waals surface area contributed by atoms with E-state index in [4.69, 9.17) is 9.73 Å². The Kier molecular flexibility index (Phi) is 5.84. The van der Waals surface area contributed by atoms with E-state index in [0.29, 0.717) is 48.5 Å². The number of carbonyl (C=O) groups is 2. The lowest BCUT2D eigenvalue weighted by Crippen LogP contribution is -2.51. The molecule has 2 aliphatic rings. The Morgan fingerprint density at radius 3 is 2.32 bits per heavy atom. The summed E-state index contributed by atoms with van der Waals surface area (Å²) in [6, 6.07) is 23.2. The largest absolute Gasteiger partial charge is 0.445 e. The van der Waals surface area contributed by atoms with Crippen molar-refractivity contribution < 1.29 is 18.7 Å². The number of anilines is 1. The van der Waals surface area contributed by atoms with Gasteiger partial charge in [-0.25, -0.2) is 9.18 Å². The summed E-state index contributed by atoms with van der Waals surface area (Å²) in [5.41, 5.74) is 1.85. The SMILES string of the molecule is O=C(OCc1ccccc1)N1CCC2(CC1)N=C(c1ccccc1F)c1ccccc1NC2=O. The van der Waals surface area contributed by atoms with Gasteiger partial charge in [0, 0.05) is 24.2 Å². The molecule has 2 heterocycles. The lowest BCUT2D eigenvalue weighted by atomic mass is 9.87. The van der Waals surface area contributed by atoms with Gasteiger partial charge in [0.15, 0.2) is 0 Å². The summed E-state index contributed by atoms with van der Waals surface area (Å²) >= 11 is 0. The maximum Gasteiger partial charge on any atom is 0.410 e. The predicted octanol–water partition coefficient (Wildman–Crippen LogP) is 4.79. The predicted molar refractivity (Wildman–Crippen MR) is 127 cm³/mol. The molecule has 0 radical (unpaired) electrons. The number of likely N-dealkylation sites (tertiary alicyclic amines) is 1. The van der Waals surface area contributed by atoms with Crippen molar-refractivity contribution in [2.45, 2.75) is 25.0 Å². The summed E-state index contributed by atoms with van der Waals surface area (Å²) in [4.78, 5) is 32.5. The Balaban J connectivity index is 1.40. The number of nitrogens with zero attached hydrogens (tertiary/aromatic N) is 2. The van der Waals surface area contributed by atoms with Crippen LogP contribution in [-0.2, 0) is 16.1 Å². The van der Waals surface area contributed by atoms with Crippen molar-refractivity contribution in [2.75, 3.05) is 18.4 Å². The van der Waals surface area contributed by atoms with Crippen LogP contribution in [0.3, 0.4) is 0 Å². The fraction of sp³-hybridized carbons (Fsp3) is 0.222. The molecule has 5 rings (SSSR count). The Bertz CT molecular complexity index is 1250. The minimum absolute atomic E-state index is 0.187. The van der Waals surface area contributed by atoms with Crippen LogP contribution in [0.4, 0.5) is 14.9 Å². The van der Waals surface area contributed by atoms with E-state index in [1.807, 2.05) is 48.5 Å². The first-order valence-corrected chi connectivity index (χ1v) is 11.3. The number of aliphatic imine (C=N–C) groups is 1. The first-order valence-electron chi connectivity index (χ1n) is 11.3. The van der Waals surface area contributed by atoms with E-state index in [0.717, 1.165) is 5.56 Å². The third kappa shape index (κ3) is 4.17. The normalized spacial score (nSPS) is 16.8. The Morgan fingerprint density at radius 2 is 1.59 bits per heavy atom. The van der Waals surface area contributed by atoms with Crippen molar-refractivity contribution in [2.24, 2.45) is 4.99 Å². The molecule has 1 fully saturated rings. The van der Waals surface area contributed by atoms with Gasteiger partial charge in [0.2, 0.25) is 0 Å². The number of ether oxygens (including phenoxy) is 1. The van der Waals surface area contributed by atoms with Crippen LogP contribution in [0.1, 0.15) is 29.5 Å². The summed E-state index contributed by atoms with van der Waals surface area (Å²) in [6.45, 7) is 0.809. The number of benzene rings is 3. The highest BCUT2D eigenvalue weighted by atomic mass is 19.1. The number of rotatable bonds is 3. The third-order valence-corrected chi connectivity index (χ3v) is 6.36. The smallest absolute Gasteiger partial charge is 0.410 e. The first-order chi connectivity index (χ1) is 16.6. The molecular formula is C27H24FN3O3. The number of amides is 2. The number of hydrogen-bond donors (Lipinski definition) is 1. The van der Waals surface area contributed by atoms with Gasteiger partial charge in [-0.05, 0) is 36.6 Å². The summed E-state index contributed by atoms with van der Waals surface area (Å²) in [7, 11) is 0. The molecule has 0 saturated carbocycles. The molecule has 2 amide bonds. The van der Waals surface area contributed by atoms with Crippen LogP contribution < -0.4 is 5.32 Å². The standard InChI is InChI=1S/C27H24FN3O3/c28-22-12-6-4-10-20(22)24-21-11-5-7-13-23(21)29-25(32)27(30-24)14-16-31(17-15-27)26(33)34-18-19-8-2-1-3-9-19/h1-13H,14-18H2,(H,29,32). The Labute approximate surface area is 197 Å². The second-order valence-corrected chi connectivity index (χ2v) is 8.50. The van der Waals surface area contributed by atoms with E-state index < -0.39 is 17.4 Å². The van der Waals surface area contributed by atoms with Gasteiger partial charge in [-0.15, -0.1) is 0 Å². The van der Waals surface area contributed by atoms with Crippen molar-refractivity contribution in [3.05, 3.63) is 101 Å². The highest BCUT2D eigenvalue weighted by Gasteiger charge is 2.45. The quantitative estimate of drug-likeness (QED) is 0.615. The van der Waals surface area contributed by atoms with Crippen molar-refractivity contribution in [3.63, 3.8) is 0 Å². The number of carbonyl (C=O) groups excluding carboxylic acids is 2. The number of nitrogens with one attached hydrogen (secondary N) is 1. The average Bonchev–Trinajstić information content (AvgIpc) is 2.98. The van der Waals surface area contributed by atoms with E-state index in [-0.39, 0.29) is 12.5 Å². The van der Waals surface area contributed by atoms with Gasteiger partial charge in [0.1, 0.15) is 18.0 Å². The van der Waals surface area contributed by atoms with Gasteiger partial charge in [0.25, 0.3) is 5.91 Å². The van der Waals surface area contributed by atoms with Crippen LogP contribution in [0.5, 0.6) is 0 Å². The lowest BCUT2D eigenvalue weighted by Gasteiger charge is -2.37. The topological polar surface area (TPSA) is 71.0 Å². The molecule has 3 aromatic rings. The van der Waals surface area contributed by atoms with Crippen LogP contribution >= 0.6 is 0 Å². The van der Waals surface area contributed by atoms with Gasteiger partial charge >= 0.3 is 6.09 Å². The molecule has 2 aliphatic heterocycles. The molecule has 0 aromatic heterocycles. The zero-order chi connectivity index (χ0) is 23.5. The number of para-hydroxylation sites is 1. The van der Waals surface area contributed by atoms with Crippen LogP contribution in [-0.4, -0.2) is 41.2 Å². The van der Waals surface area contributed by atoms with Gasteiger partial charge in [-0.3, -0.25) is 9.79 Å². The van der Waals surface area contributed by atoms with Crippen LogP contribution in [0.15, 0.2) is 83.9 Å². The van der Waals surface area contributed by atoms with Crippen LogP contribution in [0.25, 0.3) is 0 Å². The molecule has 0 atom stereocenters. The zero-order valence-corrected chi connectivity index (χ0v) is 18.5. The van der Waals surface area contributed by atoms with Gasteiger partial charge in [0.05, 0.1) is 11.4 Å². The molecule has 0 bridgehead atoms. The van der Waals surface area contributed by atoms with Crippen molar-refractivity contribution >= 4 is 23.4 Å². The molecule has 7 heteroatoms. The van der Waals surface area contributed by atoms with Crippen molar-refractivity contribution in [1.29, 1.82) is 0 Å². The van der Waals surface area contributed by atoms with E-state index in [9.17, 15) is 14.0 Å². The summed E-state index contributed by atoms with van der Waals surface area (Å²) in [5, 5.41) is 2.98. The van der Waals surface area contributed by atoms with Gasteiger partial charge in [-0.1, -0.05) is 60.7 Å². The molecule has 1 spiro atoms. The monoisotopic (exact) mass is 457 g/mol. The maximum absolute atomic E-state index is 14.8. The second-order valence-electron chi connectivity index (χ2n) is 8.50. The summed E-state index contributed by atoms with van der Waals surface area (Å²) in [6.07, 6.45) is 0.200. The van der Waals surface area contributed by atoms with E-state index >= 15 is 0 Å². The van der Waals surface area contributed by atoms with Crippen molar-refractivity contribution in [1.82, 2.24) is 4.90 Å². The molecule has 34 heavy (non-hydrogen) atoms. The first kappa shape index (κ1) is 21.8. The summed E-state index contributed by atoms with van der Waals surface area (Å²) in [5.74, 6) is -0.647. The molecular weight excluding hydrogens is 433 g/mol. The maximum atomic E-state index is 14.8. The Morgan fingerprint density at radius 1 is 0.941 bits per heavy atom. The fourth-order valence-corrected chi connectivity index (χ4v) is 4.43. The molecule has 6 nitrogen and oxygen atoms in total. The molecule has 172 valence electrons. The van der Waals surface area contributed by atoms with Crippen LogP contribution in [0, 0.1) is 5.82 Å². The highest BCUT2D eigenvalue weighted by Crippen LogP contribution is 2.35. The van der Waals surface area contributed by atoms with E-state index in [1.54, 1.807) is 29.2 Å². The highest BCUT2D eigenvalue weighted by molar-refractivity contribution is 6.20. The second kappa shape index (κ2) is 9.09. The lowest BCUT2D eigenvalue weighted by molar-refractivity contribution is -0.122. The van der Waals surface area contributed by atoms with E-state index in [1.165, 1.54) is 6.07 Å². The average molecular weight is 458 g/mol. The molecule has 1 N–H and O–H groups in total. The van der Waals surface area contributed by atoms with Crippen molar-refractivity contribution in [3.8, 4) is 0 Å². The third-order valence-electron chi connectivity index (χ3n) is 6.36. The number of hydrogen-bond acceptors (Lipinski definition) is 4. The Hall–Kier alpha value is -4.00. The minimum Gasteiger partial charge on any atom is -0.445 e.